The van der Waals surface area contributed by atoms with Crippen LogP contribution in [0.15, 0.2) is 242 Å². The summed E-state index contributed by atoms with van der Waals surface area (Å²) in [5.74, 6) is -0.0758. The van der Waals surface area contributed by atoms with E-state index in [1.165, 1.54) is 154 Å². The average molecular weight is 987 g/mol. The van der Waals surface area contributed by atoms with E-state index in [2.05, 4.69) is 267 Å². The Labute approximate surface area is 453 Å². The first-order valence-corrected chi connectivity index (χ1v) is 28.0. The van der Waals surface area contributed by atoms with E-state index >= 15 is 0 Å². The minimum atomic E-state index is -0.0613. The summed E-state index contributed by atoms with van der Waals surface area (Å²) in [4.78, 5) is 0. The quantitative estimate of drug-likeness (QED) is 0.161. The Morgan fingerprint density at radius 1 is 0.244 bits per heavy atom. The maximum Gasteiger partial charge on any atom is 0.0288 e. The van der Waals surface area contributed by atoms with Crippen molar-refractivity contribution in [3.05, 3.63) is 320 Å². The predicted octanol–water partition coefficient (Wildman–Crippen LogP) is 20.2. The second kappa shape index (κ2) is 16.1. The highest BCUT2D eigenvalue weighted by molar-refractivity contribution is 6.10. The fourth-order valence-corrected chi connectivity index (χ4v) is 16.1. The van der Waals surface area contributed by atoms with Crippen molar-refractivity contribution in [2.75, 3.05) is 0 Å². The van der Waals surface area contributed by atoms with E-state index in [0.717, 1.165) is 0 Å². The van der Waals surface area contributed by atoms with Crippen molar-refractivity contribution in [1.29, 1.82) is 0 Å². The SMILES string of the molecule is C1=CC(C2=C(C3C=Cc4cccc5cccc3c45)C(C3C=Cc4cccc5cccc3c45)c3cccc4cc(C5C=Cc6cccc7cccc5c67)c(C5C=Cc6cccc7cccc5c67)c2c34)c2cccc3cccc1c23. The van der Waals surface area contributed by atoms with Gasteiger partial charge in [0, 0.05) is 35.5 Å². The van der Waals surface area contributed by atoms with Crippen LogP contribution in [0.1, 0.15) is 113 Å². The first kappa shape index (κ1) is 42.8. The molecule has 6 aliphatic rings. The lowest BCUT2D eigenvalue weighted by molar-refractivity contribution is 0.667. The summed E-state index contributed by atoms with van der Waals surface area (Å²) in [6.45, 7) is 0. The standard InChI is InChI=1S/C78H50/c1-12-45-22-6-28-57-56(39-34-50(17-1)68(45)57)67-44-55-27-11-33-66-73(55)78(75(67)63-41-36-52-19-3-14-47-24-8-30-59(63)70(47)52)77(65-43-38-54-21-5-16-49-26-10-32-61(65)72(49)54)76(64-42-37-53-20-4-15-48-25-9-31-60(64)71(48)53)74(66)62-40-35-51-18-2-13-46-23-7-29-58(62)69(46)51/h1-44,56,62-65,74H. The fraction of sp³-hybridized carbons (Fsp3) is 0.0769. The van der Waals surface area contributed by atoms with Crippen molar-refractivity contribution < 1.29 is 0 Å². The highest BCUT2D eigenvalue weighted by Gasteiger charge is 2.45. The van der Waals surface area contributed by atoms with Crippen molar-refractivity contribution in [2.45, 2.75) is 35.5 Å². The monoisotopic (exact) mass is 986 g/mol. The minimum Gasteiger partial charge on any atom is -0.0754 e. The summed E-state index contributed by atoms with van der Waals surface area (Å²) in [5, 5.41) is 16.0. The van der Waals surface area contributed by atoms with Gasteiger partial charge < -0.3 is 0 Å². The predicted molar refractivity (Wildman–Crippen MR) is 330 cm³/mol. The molecule has 0 fully saturated rings. The number of hydrogen-bond acceptors (Lipinski definition) is 0. The van der Waals surface area contributed by atoms with Gasteiger partial charge in [0.1, 0.15) is 0 Å². The van der Waals surface area contributed by atoms with Crippen LogP contribution in [0.25, 0.3) is 101 Å². The van der Waals surface area contributed by atoms with E-state index in [1.54, 1.807) is 0 Å². The average Bonchev–Trinajstić information content (AvgIpc) is 3.67. The van der Waals surface area contributed by atoms with Crippen LogP contribution in [-0.2, 0) is 0 Å². The van der Waals surface area contributed by atoms with Crippen molar-refractivity contribution in [2.24, 2.45) is 0 Å². The van der Waals surface area contributed by atoms with Gasteiger partial charge in [0.25, 0.3) is 0 Å². The molecule has 0 saturated carbocycles. The van der Waals surface area contributed by atoms with Crippen molar-refractivity contribution in [3.63, 3.8) is 0 Å². The van der Waals surface area contributed by atoms with Gasteiger partial charge in [-0.05, 0) is 160 Å². The molecule has 78 heavy (non-hydrogen) atoms. The van der Waals surface area contributed by atoms with Gasteiger partial charge in [0.2, 0.25) is 0 Å². The molecule has 6 unspecified atom stereocenters. The lowest BCUT2D eigenvalue weighted by Gasteiger charge is -2.44. The molecule has 0 radical (unpaired) electrons. The highest BCUT2D eigenvalue weighted by atomic mass is 14.5. The molecule has 362 valence electrons. The largest absolute Gasteiger partial charge is 0.0754 e. The number of rotatable bonds is 5. The summed E-state index contributed by atoms with van der Waals surface area (Å²) < 4.78 is 0. The molecule has 0 spiro atoms. The smallest absolute Gasteiger partial charge is 0.0288 e. The topological polar surface area (TPSA) is 0 Å². The van der Waals surface area contributed by atoms with Crippen LogP contribution in [0.5, 0.6) is 0 Å². The molecular formula is C78H50. The Bertz CT molecular complexity index is 4860. The summed E-state index contributed by atoms with van der Waals surface area (Å²) in [6.07, 6.45) is 25.1. The highest BCUT2D eigenvalue weighted by Crippen LogP contribution is 2.63. The number of hydrogen-bond donors (Lipinski definition) is 0. The van der Waals surface area contributed by atoms with E-state index in [4.69, 9.17) is 0 Å². The molecule has 0 aromatic heterocycles. The Balaban J connectivity index is 1.05. The van der Waals surface area contributed by atoms with Gasteiger partial charge in [0.15, 0.2) is 0 Å². The third-order valence-corrected chi connectivity index (χ3v) is 19.1. The third-order valence-electron chi connectivity index (χ3n) is 19.1. The molecular weight excluding hydrogens is 937 g/mol. The molecule has 0 amide bonds. The van der Waals surface area contributed by atoms with Gasteiger partial charge in [-0.1, -0.05) is 261 Å². The second-order valence-corrected chi connectivity index (χ2v) is 22.7. The maximum atomic E-state index is 2.64. The Morgan fingerprint density at radius 3 is 1.09 bits per heavy atom. The van der Waals surface area contributed by atoms with Crippen molar-refractivity contribution >= 4 is 101 Å². The lowest BCUT2D eigenvalue weighted by atomic mass is 9.59. The molecule has 0 nitrogen and oxygen atoms in total. The molecule has 0 aliphatic heterocycles. The van der Waals surface area contributed by atoms with Crippen LogP contribution in [0, 0.1) is 0 Å². The van der Waals surface area contributed by atoms with E-state index in [1.807, 2.05) is 0 Å². The minimum absolute atomic E-state index is 0.00624. The van der Waals surface area contributed by atoms with Crippen LogP contribution in [-0.4, -0.2) is 0 Å². The van der Waals surface area contributed by atoms with Gasteiger partial charge in [-0.3, -0.25) is 0 Å². The Kier molecular flexibility index (Phi) is 8.83. The number of benzene rings is 12. The molecule has 0 heteroatoms. The molecule has 12 aromatic rings. The summed E-state index contributed by atoms with van der Waals surface area (Å²) in [7, 11) is 0. The van der Waals surface area contributed by atoms with E-state index in [-0.39, 0.29) is 35.5 Å². The lowest BCUT2D eigenvalue weighted by Crippen LogP contribution is -2.26. The van der Waals surface area contributed by atoms with Crippen molar-refractivity contribution in [3.8, 4) is 0 Å². The van der Waals surface area contributed by atoms with E-state index < -0.39 is 0 Å². The van der Waals surface area contributed by atoms with E-state index in [9.17, 15) is 0 Å². The van der Waals surface area contributed by atoms with Gasteiger partial charge >= 0.3 is 0 Å². The van der Waals surface area contributed by atoms with Crippen molar-refractivity contribution in [1.82, 2.24) is 0 Å². The molecule has 0 N–H and O–H groups in total. The summed E-state index contributed by atoms with van der Waals surface area (Å²) in [6, 6.07) is 79.6. The molecule has 6 aliphatic carbocycles. The normalized spacial score (nSPS) is 20.8. The zero-order chi connectivity index (χ0) is 50.7. The molecule has 0 bridgehead atoms. The van der Waals surface area contributed by atoms with Crippen LogP contribution in [0.3, 0.4) is 0 Å². The van der Waals surface area contributed by atoms with Gasteiger partial charge in [-0.25, -0.2) is 0 Å². The first-order chi connectivity index (χ1) is 38.7. The first-order valence-electron chi connectivity index (χ1n) is 28.0. The van der Waals surface area contributed by atoms with Crippen LogP contribution in [0.2, 0.25) is 0 Å². The third kappa shape index (κ3) is 5.84. The maximum absolute atomic E-state index is 2.64. The van der Waals surface area contributed by atoms with Gasteiger partial charge in [-0.15, -0.1) is 0 Å². The Morgan fingerprint density at radius 2 is 0.590 bits per heavy atom. The van der Waals surface area contributed by atoms with Crippen LogP contribution >= 0.6 is 0 Å². The zero-order valence-electron chi connectivity index (χ0n) is 42.9. The molecule has 0 heterocycles. The summed E-state index contributed by atoms with van der Waals surface area (Å²) in [5.41, 5.74) is 22.0. The zero-order valence-corrected chi connectivity index (χ0v) is 42.9. The second-order valence-electron chi connectivity index (χ2n) is 22.7. The summed E-state index contributed by atoms with van der Waals surface area (Å²) >= 11 is 0. The van der Waals surface area contributed by atoms with Crippen LogP contribution < -0.4 is 0 Å². The Hall–Kier alpha value is -9.36. The van der Waals surface area contributed by atoms with Crippen LogP contribution in [0.4, 0.5) is 0 Å². The molecule has 12 aromatic carbocycles. The molecule has 6 atom stereocenters. The van der Waals surface area contributed by atoms with Gasteiger partial charge in [0.05, 0.1) is 0 Å². The molecule has 0 saturated heterocycles. The fourth-order valence-electron chi connectivity index (χ4n) is 16.1. The van der Waals surface area contributed by atoms with Gasteiger partial charge in [-0.2, -0.15) is 0 Å². The molecule has 18 rings (SSSR count). The number of allylic oxidation sites excluding steroid dienone is 7. The van der Waals surface area contributed by atoms with E-state index in [0.29, 0.717) is 0 Å².